The summed E-state index contributed by atoms with van der Waals surface area (Å²) in [5.74, 6) is -1.17. The summed E-state index contributed by atoms with van der Waals surface area (Å²) in [5, 5.41) is 8.34. The maximum atomic E-state index is 11.0. The molecule has 0 unspecified atom stereocenters. The van der Waals surface area contributed by atoms with Gasteiger partial charge in [0.25, 0.3) is 10.2 Å². The van der Waals surface area contributed by atoms with Crippen molar-refractivity contribution in [2.24, 2.45) is 0 Å². The van der Waals surface area contributed by atoms with Crippen molar-refractivity contribution in [3.8, 4) is 0 Å². The third-order valence-electron chi connectivity index (χ3n) is 1.26. The van der Waals surface area contributed by atoms with Crippen LogP contribution in [0.1, 0.15) is 6.92 Å². The summed E-state index contributed by atoms with van der Waals surface area (Å²) in [5.41, 5.74) is 0. The Hall–Kier alpha value is -0.660. The van der Waals surface area contributed by atoms with E-state index < -0.39 is 22.7 Å². The van der Waals surface area contributed by atoms with Crippen molar-refractivity contribution in [1.82, 2.24) is 9.03 Å². The summed E-state index contributed by atoms with van der Waals surface area (Å²) in [7, 11) is -2.37. The molecule has 0 amide bonds. The summed E-state index contributed by atoms with van der Waals surface area (Å²) < 4.78 is 24.9. The molecular weight excluding hydrogens is 184 g/mol. The fourth-order valence-electron chi connectivity index (χ4n) is 0.647. The monoisotopic (exact) mass is 196 g/mol. The number of carboxylic acids is 1. The molecule has 0 rings (SSSR count). The Balaban J connectivity index is 4.46. The second-order valence-electron chi connectivity index (χ2n) is 2.03. The average molecular weight is 196 g/mol. The molecule has 0 bridgehead atoms. The van der Waals surface area contributed by atoms with Crippen LogP contribution in [0, 0.1) is 0 Å². The van der Waals surface area contributed by atoms with E-state index in [0.717, 1.165) is 4.31 Å². The zero-order chi connectivity index (χ0) is 9.78. The van der Waals surface area contributed by atoms with Crippen molar-refractivity contribution >= 4 is 16.2 Å². The molecule has 0 aliphatic carbocycles. The minimum atomic E-state index is -3.60. The van der Waals surface area contributed by atoms with Gasteiger partial charge in [-0.1, -0.05) is 6.92 Å². The Labute approximate surface area is 71.4 Å². The van der Waals surface area contributed by atoms with E-state index in [1.165, 1.54) is 7.05 Å². The van der Waals surface area contributed by atoms with E-state index in [2.05, 4.69) is 0 Å². The highest BCUT2D eigenvalue weighted by Gasteiger charge is 2.20. The van der Waals surface area contributed by atoms with Gasteiger partial charge in [0.2, 0.25) is 0 Å². The van der Waals surface area contributed by atoms with Gasteiger partial charge in [-0.05, 0) is 0 Å². The maximum absolute atomic E-state index is 11.0. The van der Waals surface area contributed by atoms with Crippen molar-refractivity contribution in [3.05, 3.63) is 0 Å². The minimum Gasteiger partial charge on any atom is -0.480 e. The van der Waals surface area contributed by atoms with Gasteiger partial charge in [-0.2, -0.15) is 12.7 Å². The van der Waals surface area contributed by atoms with Crippen LogP contribution in [-0.4, -0.2) is 43.9 Å². The molecule has 0 aliphatic rings. The van der Waals surface area contributed by atoms with Crippen molar-refractivity contribution in [1.29, 1.82) is 0 Å². The summed E-state index contributed by atoms with van der Waals surface area (Å²) in [6.45, 7) is 1.19. The fourth-order valence-corrected chi connectivity index (χ4v) is 1.53. The number of carbonyl (C=O) groups is 1. The molecule has 72 valence electrons. The van der Waals surface area contributed by atoms with Gasteiger partial charge in [0, 0.05) is 13.6 Å². The van der Waals surface area contributed by atoms with E-state index in [9.17, 15) is 13.2 Å². The fraction of sp³-hybridized carbons (Fsp3) is 0.800. The zero-order valence-electron chi connectivity index (χ0n) is 6.94. The second-order valence-corrected chi connectivity index (χ2v) is 3.90. The number of rotatable bonds is 5. The number of carboxylic acid groups (broad SMARTS) is 1. The van der Waals surface area contributed by atoms with Crippen LogP contribution in [0.2, 0.25) is 0 Å². The Morgan fingerprint density at radius 2 is 2.08 bits per heavy atom. The lowest BCUT2D eigenvalue weighted by Crippen LogP contribution is -2.41. The summed E-state index contributed by atoms with van der Waals surface area (Å²) in [6.07, 6.45) is 0. The van der Waals surface area contributed by atoms with Crippen LogP contribution in [0.15, 0.2) is 0 Å². The lowest BCUT2D eigenvalue weighted by atomic mass is 10.6. The molecule has 0 spiro atoms. The molecule has 12 heavy (non-hydrogen) atoms. The first-order chi connectivity index (χ1) is 5.44. The lowest BCUT2D eigenvalue weighted by molar-refractivity contribution is -0.137. The minimum absolute atomic E-state index is 0.134. The quantitative estimate of drug-likeness (QED) is 0.581. The number of nitrogens with one attached hydrogen (secondary N) is 1. The normalized spacial score (nSPS) is 11.9. The van der Waals surface area contributed by atoms with E-state index in [0.29, 0.717) is 0 Å². The zero-order valence-corrected chi connectivity index (χ0v) is 7.76. The molecule has 7 heteroatoms. The van der Waals surface area contributed by atoms with Crippen LogP contribution >= 0.6 is 0 Å². The Kier molecular flexibility index (Phi) is 4.15. The van der Waals surface area contributed by atoms with E-state index in [1.54, 1.807) is 6.92 Å². The van der Waals surface area contributed by atoms with Crippen molar-refractivity contribution in [2.75, 3.05) is 20.1 Å². The van der Waals surface area contributed by atoms with Crippen molar-refractivity contribution < 1.29 is 18.3 Å². The average Bonchev–Trinajstić information content (AvgIpc) is 1.99. The lowest BCUT2D eigenvalue weighted by Gasteiger charge is -2.16. The molecule has 0 aromatic rings. The van der Waals surface area contributed by atoms with Crippen molar-refractivity contribution in [2.45, 2.75) is 6.92 Å². The molecule has 6 nitrogen and oxygen atoms in total. The highest BCUT2D eigenvalue weighted by molar-refractivity contribution is 7.87. The molecule has 0 aliphatic heterocycles. The van der Waals surface area contributed by atoms with Gasteiger partial charge in [0.15, 0.2) is 0 Å². The topological polar surface area (TPSA) is 86.7 Å². The standard InChI is InChI=1S/C5H12N2O4S/c1-3-7(4-5(8)9)12(10,11)6-2/h6H,3-4H2,1-2H3,(H,8,9). The Bertz CT molecular complexity index is 248. The highest BCUT2D eigenvalue weighted by atomic mass is 32.2. The van der Waals surface area contributed by atoms with Crippen LogP contribution in [-0.2, 0) is 15.0 Å². The first-order valence-electron chi connectivity index (χ1n) is 3.34. The van der Waals surface area contributed by atoms with Crippen LogP contribution in [0.5, 0.6) is 0 Å². The van der Waals surface area contributed by atoms with E-state index in [-0.39, 0.29) is 6.54 Å². The van der Waals surface area contributed by atoms with Gasteiger partial charge in [-0.15, -0.1) is 0 Å². The molecular formula is C5H12N2O4S. The molecule has 0 radical (unpaired) electrons. The van der Waals surface area contributed by atoms with Crippen LogP contribution in [0.25, 0.3) is 0 Å². The van der Waals surface area contributed by atoms with E-state index in [1.807, 2.05) is 4.72 Å². The highest BCUT2D eigenvalue weighted by Crippen LogP contribution is 1.95. The van der Waals surface area contributed by atoms with Gasteiger partial charge in [0.1, 0.15) is 6.54 Å². The molecule has 0 aromatic carbocycles. The largest absolute Gasteiger partial charge is 0.480 e. The molecule has 0 fully saturated rings. The third kappa shape index (κ3) is 3.16. The molecule has 0 saturated carbocycles. The number of nitrogens with zero attached hydrogens (tertiary/aromatic N) is 1. The Morgan fingerprint density at radius 3 is 2.33 bits per heavy atom. The molecule has 0 atom stereocenters. The first-order valence-corrected chi connectivity index (χ1v) is 4.78. The smallest absolute Gasteiger partial charge is 0.318 e. The number of hydrogen-bond donors (Lipinski definition) is 2. The second kappa shape index (κ2) is 4.39. The van der Waals surface area contributed by atoms with Gasteiger partial charge >= 0.3 is 5.97 Å². The summed E-state index contributed by atoms with van der Waals surface area (Å²) in [4.78, 5) is 10.2. The van der Waals surface area contributed by atoms with E-state index in [4.69, 9.17) is 5.11 Å². The first kappa shape index (κ1) is 11.3. The maximum Gasteiger partial charge on any atom is 0.318 e. The predicted octanol–water partition coefficient (Wildman–Crippen LogP) is -1.14. The number of hydrogen-bond acceptors (Lipinski definition) is 3. The van der Waals surface area contributed by atoms with Gasteiger partial charge in [-0.25, -0.2) is 4.72 Å². The summed E-state index contributed by atoms with van der Waals surface area (Å²) in [6, 6.07) is 0. The number of likely N-dealkylation sites (N-methyl/N-ethyl adjacent to an activating group) is 1. The Morgan fingerprint density at radius 1 is 1.58 bits per heavy atom. The van der Waals surface area contributed by atoms with Gasteiger partial charge < -0.3 is 5.11 Å². The van der Waals surface area contributed by atoms with Gasteiger partial charge in [-0.3, -0.25) is 4.79 Å². The molecule has 2 N–H and O–H groups in total. The van der Waals surface area contributed by atoms with Crippen LogP contribution in [0.4, 0.5) is 0 Å². The molecule has 0 heterocycles. The molecule has 0 aromatic heterocycles. The SMILES string of the molecule is CCN(CC(=O)O)S(=O)(=O)NC. The number of aliphatic carboxylic acids is 1. The van der Waals surface area contributed by atoms with Crippen LogP contribution < -0.4 is 4.72 Å². The van der Waals surface area contributed by atoms with Crippen molar-refractivity contribution in [3.63, 3.8) is 0 Å². The van der Waals surface area contributed by atoms with Crippen LogP contribution in [0.3, 0.4) is 0 Å². The summed E-state index contributed by atoms with van der Waals surface area (Å²) >= 11 is 0. The van der Waals surface area contributed by atoms with Gasteiger partial charge in [0.05, 0.1) is 0 Å². The molecule has 0 saturated heterocycles. The van der Waals surface area contributed by atoms with E-state index >= 15 is 0 Å². The predicted molar refractivity (Wildman–Crippen MR) is 42.9 cm³/mol. The third-order valence-corrected chi connectivity index (χ3v) is 2.85.